The van der Waals surface area contributed by atoms with E-state index in [-0.39, 0.29) is 24.4 Å². The van der Waals surface area contributed by atoms with Crippen LogP contribution in [-0.2, 0) is 21.7 Å². The fraction of sp³-hybridized carbons (Fsp3) is 0.217. The molecular weight excluding hydrogens is 414 g/mol. The van der Waals surface area contributed by atoms with E-state index in [0.29, 0.717) is 33.5 Å². The molecule has 1 N–H and O–H groups in total. The molecule has 0 atom stereocenters. The van der Waals surface area contributed by atoms with E-state index in [1.807, 2.05) is 37.3 Å². The molecule has 3 aromatic rings. The van der Waals surface area contributed by atoms with Crippen molar-refractivity contribution < 1.29 is 14.3 Å². The van der Waals surface area contributed by atoms with Crippen molar-refractivity contribution in [3.63, 3.8) is 0 Å². The van der Waals surface area contributed by atoms with Crippen molar-refractivity contribution in [1.82, 2.24) is 9.97 Å². The third-order valence-electron chi connectivity index (χ3n) is 4.43. The number of carbonyl (C=O) groups is 1. The summed E-state index contributed by atoms with van der Waals surface area (Å²) in [6.07, 6.45) is 1.87. The van der Waals surface area contributed by atoms with Gasteiger partial charge in [0.2, 0.25) is 0 Å². The lowest BCUT2D eigenvalue weighted by molar-refractivity contribution is -0.140. The number of rotatable bonds is 8. The van der Waals surface area contributed by atoms with Gasteiger partial charge in [0.05, 0.1) is 12.7 Å². The molecule has 3 rings (SSSR count). The maximum Gasteiger partial charge on any atom is 0.305 e. The highest BCUT2D eigenvalue weighted by Gasteiger charge is 2.10. The molecule has 1 heterocycles. The highest BCUT2D eigenvalue weighted by Crippen LogP contribution is 2.28. The van der Waals surface area contributed by atoms with Crippen LogP contribution in [0.4, 0.5) is 0 Å². The number of methoxy groups -OCH3 is 1. The zero-order valence-corrected chi connectivity index (χ0v) is 18.0. The standard InChI is InChI=1S/C23H21N3O4S/c1-15-4-3-5-19(10-15)30-20-8-6-16(11-18(20)12-24)14-31-23-25-13-17(22(28)26-23)7-9-21(27)29-2/h3-6,8,10-11,13H,7,9,14H2,1-2H3,(H,25,26,28). The molecule has 0 radical (unpaired) electrons. The number of nitrogens with one attached hydrogen (secondary N) is 1. The Hall–Kier alpha value is -3.57. The second-order valence-electron chi connectivity index (χ2n) is 6.77. The molecular formula is C23H21N3O4S. The van der Waals surface area contributed by atoms with Gasteiger partial charge in [0.25, 0.3) is 5.56 Å². The summed E-state index contributed by atoms with van der Waals surface area (Å²) in [6.45, 7) is 1.97. The maximum absolute atomic E-state index is 12.2. The second kappa shape index (κ2) is 10.5. The van der Waals surface area contributed by atoms with Crippen LogP contribution in [0.2, 0.25) is 0 Å². The molecule has 0 bridgehead atoms. The highest BCUT2D eigenvalue weighted by atomic mass is 32.2. The quantitative estimate of drug-likeness (QED) is 0.322. The van der Waals surface area contributed by atoms with Crippen LogP contribution in [0.3, 0.4) is 0 Å². The van der Waals surface area contributed by atoms with Gasteiger partial charge in [0.1, 0.15) is 17.6 Å². The van der Waals surface area contributed by atoms with Crippen molar-refractivity contribution in [2.75, 3.05) is 7.11 Å². The number of aromatic amines is 1. The first-order valence-corrected chi connectivity index (χ1v) is 10.5. The topological polar surface area (TPSA) is 105 Å². The zero-order valence-electron chi connectivity index (χ0n) is 17.2. The molecule has 7 nitrogen and oxygen atoms in total. The lowest BCUT2D eigenvalue weighted by atomic mass is 10.1. The number of H-pyrrole nitrogens is 1. The van der Waals surface area contributed by atoms with Crippen LogP contribution in [0.25, 0.3) is 0 Å². The number of esters is 1. The van der Waals surface area contributed by atoms with Gasteiger partial charge in [0, 0.05) is 23.9 Å². The van der Waals surface area contributed by atoms with E-state index in [1.165, 1.54) is 25.1 Å². The number of nitriles is 1. The summed E-state index contributed by atoms with van der Waals surface area (Å²) in [5, 5.41) is 9.97. The summed E-state index contributed by atoms with van der Waals surface area (Å²) < 4.78 is 10.4. The Labute approximate surface area is 184 Å². The van der Waals surface area contributed by atoms with Gasteiger partial charge in [-0.3, -0.25) is 9.59 Å². The van der Waals surface area contributed by atoms with Gasteiger partial charge in [-0.05, 0) is 48.7 Å². The summed E-state index contributed by atoms with van der Waals surface area (Å²) >= 11 is 1.35. The van der Waals surface area contributed by atoms with Crippen LogP contribution in [0.1, 0.15) is 28.7 Å². The van der Waals surface area contributed by atoms with Crippen LogP contribution in [0.15, 0.2) is 58.6 Å². The Kier molecular flexibility index (Phi) is 7.46. The van der Waals surface area contributed by atoms with Gasteiger partial charge < -0.3 is 14.5 Å². The summed E-state index contributed by atoms with van der Waals surface area (Å²) in [4.78, 5) is 30.4. The molecule has 0 spiro atoms. The van der Waals surface area contributed by atoms with Gasteiger partial charge in [0.15, 0.2) is 5.16 Å². The monoisotopic (exact) mass is 435 g/mol. The van der Waals surface area contributed by atoms with E-state index in [1.54, 1.807) is 12.1 Å². The number of carbonyl (C=O) groups excluding carboxylic acids is 1. The van der Waals surface area contributed by atoms with Crippen LogP contribution in [0, 0.1) is 18.3 Å². The minimum Gasteiger partial charge on any atom is -0.469 e. The van der Waals surface area contributed by atoms with Gasteiger partial charge in [-0.2, -0.15) is 5.26 Å². The SMILES string of the molecule is COC(=O)CCc1cnc(SCc2ccc(Oc3cccc(C)c3)c(C#N)c2)[nH]c1=O. The van der Waals surface area contributed by atoms with Gasteiger partial charge >= 0.3 is 5.97 Å². The largest absolute Gasteiger partial charge is 0.469 e. The number of hydrogen-bond acceptors (Lipinski definition) is 7. The molecule has 31 heavy (non-hydrogen) atoms. The summed E-state index contributed by atoms with van der Waals surface area (Å²) in [5.74, 6) is 1.31. The van der Waals surface area contributed by atoms with E-state index in [4.69, 9.17) is 4.74 Å². The molecule has 0 amide bonds. The molecule has 8 heteroatoms. The molecule has 0 aliphatic rings. The molecule has 0 saturated heterocycles. The number of hydrogen-bond donors (Lipinski definition) is 1. The van der Waals surface area contributed by atoms with Crippen molar-refractivity contribution in [3.8, 4) is 17.6 Å². The molecule has 158 valence electrons. The number of ether oxygens (including phenoxy) is 2. The van der Waals surface area contributed by atoms with Gasteiger partial charge in [-0.1, -0.05) is 30.0 Å². The summed E-state index contributed by atoms with van der Waals surface area (Å²) in [7, 11) is 1.31. The lowest BCUT2D eigenvalue weighted by Gasteiger charge is -2.10. The smallest absolute Gasteiger partial charge is 0.305 e. The predicted molar refractivity (Wildman–Crippen MR) is 117 cm³/mol. The first kappa shape index (κ1) is 22.1. The predicted octanol–water partition coefficient (Wildman–Crippen LogP) is 4.14. The van der Waals surface area contributed by atoms with Crippen LogP contribution < -0.4 is 10.3 Å². The van der Waals surface area contributed by atoms with E-state index in [0.717, 1.165) is 11.1 Å². The first-order chi connectivity index (χ1) is 15.0. The molecule has 2 aromatic carbocycles. The third kappa shape index (κ3) is 6.20. The van der Waals surface area contributed by atoms with E-state index in [2.05, 4.69) is 20.8 Å². The Bertz CT molecular complexity index is 1180. The zero-order chi connectivity index (χ0) is 22.2. The fourth-order valence-corrected chi connectivity index (χ4v) is 3.57. The van der Waals surface area contributed by atoms with E-state index >= 15 is 0 Å². The molecule has 0 unspecified atom stereocenters. The van der Waals surface area contributed by atoms with Crippen molar-refractivity contribution in [2.45, 2.75) is 30.7 Å². The Balaban J connectivity index is 1.65. The normalized spacial score (nSPS) is 10.4. The number of nitrogens with zero attached hydrogens (tertiary/aromatic N) is 2. The molecule has 0 aliphatic carbocycles. The van der Waals surface area contributed by atoms with Crippen LogP contribution in [0.5, 0.6) is 11.5 Å². The fourth-order valence-electron chi connectivity index (χ4n) is 2.80. The van der Waals surface area contributed by atoms with Gasteiger partial charge in [-0.25, -0.2) is 4.98 Å². The van der Waals surface area contributed by atoms with E-state index < -0.39 is 0 Å². The number of benzene rings is 2. The van der Waals surface area contributed by atoms with Crippen LogP contribution >= 0.6 is 11.8 Å². The maximum atomic E-state index is 12.2. The molecule has 1 aromatic heterocycles. The number of aromatic nitrogens is 2. The Morgan fingerprint density at radius 1 is 1.26 bits per heavy atom. The van der Waals surface area contributed by atoms with Crippen LogP contribution in [-0.4, -0.2) is 23.0 Å². The van der Waals surface area contributed by atoms with E-state index in [9.17, 15) is 14.9 Å². The Morgan fingerprint density at radius 3 is 2.81 bits per heavy atom. The summed E-state index contributed by atoms with van der Waals surface area (Å²) in [6, 6.07) is 15.2. The Morgan fingerprint density at radius 2 is 2.10 bits per heavy atom. The molecule has 0 saturated carbocycles. The molecule has 0 aliphatic heterocycles. The average molecular weight is 436 g/mol. The van der Waals surface area contributed by atoms with Crippen molar-refractivity contribution >= 4 is 17.7 Å². The van der Waals surface area contributed by atoms with Crippen molar-refractivity contribution in [1.29, 1.82) is 5.26 Å². The average Bonchev–Trinajstić information content (AvgIpc) is 2.77. The van der Waals surface area contributed by atoms with Crippen molar-refractivity contribution in [2.24, 2.45) is 0 Å². The minimum absolute atomic E-state index is 0.127. The molecule has 0 fully saturated rings. The summed E-state index contributed by atoms with van der Waals surface area (Å²) in [5.41, 5.74) is 2.55. The first-order valence-electron chi connectivity index (χ1n) is 9.54. The van der Waals surface area contributed by atoms with Gasteiger partial charge in [-0.15, -0.1) is 0 Å². The van der Waals surface area contributed by atoms with Crippen molar-refractivity contribution in [3.05, 3.63) is 81.3 Å². The second-order valence-corrected chi connectivity index (χ2v) is 7.73. The number of thioether (sulfide) groups is 1. The lowest BCUT2D eigenvalue weighted by Crippen LogP contribution is -2.16. The highest BCUT2D eigenvalue weighted by molar-refractivity contribution is 7.98. The minimum atomic E-state index is -0.374. The third-order valence-corrected chi connectivity index (χ3v) is 5.39. The number of aryl methyl sites for hydroxylation is 2.